The Hall–Kier alpha value is -2.21. The quantitative estimate of drug-likeness (QED) is 0.843. The van der Waals surface area contributed by atoms with Crippen LogP contribution in [0.5, 0.6) is 0 Å². The van der Waals surface area contributed by atoms with E-state index in [1.807, 2.05) is 5.38 Å². The van der Waals surface area contributed by atoms with Gasteiger partial charge in [-0.25, -0.2) is 9.78 Å². The van der Waals surface area contributed by atoms with Gasteiger partial charge >= 0.3 is 6.03 Å². The second-order valence-corrected chi connectivity index (χ2v) is 4.64. The van der Waals surface area contributed by atoms with Crippen molar-refractivity contribution in [3.8, 4) is 0 Å². The lowest BCUT2D eigenvalue weighted by Gasteiger charge is -2.07. The summed E-state index contributed by atoms with van der Waals surface area (Å²) in [7, 11) is 0. The topological polar surface area (TPSA) is 71.1 Å². The molecule has 0 spiro atoms. The number of amides is 2. The molecular weight excluding hydrogens is 262 g/mol. The van der Waals surface area contributed by atoms with Crippen molar-refractivity contribution in [2.45, 2.75) is 13.5 Å². The summed E-state index contributed by atoms with van der Waals surface area (Å²) in [6, 6.07) is 6.49. The lowest BCUT2D eigenvalue weighted by atomic mass is 10.1. The number of hydrogen-bond acceptors (Lipinski definition) is 4. The van der Waals surface area contributed by atoms with Crippen LogP contribution >= 0.6 is 11.3 Å². The minimum absolute atomic E-state index is 0.0356. The third kappa shape index (κ3) is 3.89. The van der Waals surface area contributed by atoms with Gasteiger partial charge in [0.2, 0.25) is 0 Å². The Morgan fingerprint density at radius 1 is 1.37 bits per heavy atom. The first-order chi connectivity index (χ1) is 9.15. The van der Waals surface area contributed by atoms with E-state index in [4.69, 9.17) is 0 Å². The molecule has 2 amide bonds. The Labute approximate surface area is 114 Å². The van der Waals surface area contributed by atoms with E-state index in [2.05, 4.69) is 15.6 Å². The molecule has 2 aromatic rings. The van der Waals surface area contributed by atoms with Crippen LogP contribution in [0, 0.1) is 0 Å². The number of carbonyl (C=O) groups is 2. The minimum Gasteiger partial charge on any atom is -0.332 e. The largest absolute Gasteiger partial charge is 0.332 e. The highest BCUT2D eigenvalue weighted by Gasteiger charge is 2.04. The third-order valence-corrected chi connectivity index (χ3v) is 3.08. The van der Waals surface area contributed by atoms with E-state index in [1.165, 1.54) is 18.3 Å². The zero-order chi connectivity index (χ0) is 13.7. The summed E-state index contributed by atoms with van der Waals surface area (Å²) in [5.74, 6) is -0.0356. The van der Waals surface area contributed by atoms with Crippen molar-refractivity contribution in [3.05, 3.63) is 46.4 Å². The molecule has 0 bridgehead atoms. The monoisotopic (exact) mass is 275 g/mol. The number of Topliss-reactive ketones (excluding diaryl/α,β-unsaturated/α-hetero) is 1. The van der Waals surface area contributed by atoms with Gasteiger partial charge < -0.3 is 10.6 Å². The highest BCUT2D eigenvalue weighted by Crippen LogP contribution is 2.11. The van der Waals surface area contributed by atoms with E-state index in [1.54, 1.807) is 29.8 Å². The molecule has 2 rings (SSSR count). The molecule has 19 heavy (non-hydrogen) atoms. The molecule has 0 saturated heterocycles. The van der Waals surface area contributed by atoms with Gasteiger partial charge in [0.25, 0.3) is 0 Å². The van der Waals surface area contributed by atoms with Crippen molar-refractivity contribution >= 4 is 28.8 Å². The molecule has 0 fully saturated rings. The van der Waals surface area contributed by atoms with E-state index in [9.17, 15) is 9.59 Å². The molecule has 0 aliphatic rings. The first-order valence-corrected chi connectivity index (χ1v) is 6.62. The molecule has 1 aromatic heterocycles. The van der Waals surface area contributed by atoms with E-state index in [0.29, 0.717) is 17.8 Å². The zero-order valence-corrected chi connectivity index (χ0v) is 11.2. The lowest BCUT2D eigenvalue weighted by Crippen LogP contribution is -2.28. The van der Waals surface area contributed by atoms with Crippen molar-refractivity contribution in [2.24, 2.45) is 0 Å². The summed E-state index contributed by atoms with van der Waals surface area (Å²) < 4.78 is 0. The van der Waals surface area contributed by atoms with Crippen molar-refractivity contribution in [1.82, 2.24) is 10.3 Å². The Morgan fingerprint density at radius 2 is 2.21 bits per heavy atom. The summed E-state index contributed by atoms with van der Waals surface area (Å²) in [5.41, 5.74) is 3.68. The van der Waals surface area contributed by atoms with Gasteiger partial charge in [0, 0.05) is 16.6 Å². The molecule has 0 aliphatic carbocycles. The molecule has 0 aliphatic heterocycles. The van der Waals surface area contributed by atoms with Gasteiger partial charge in [-0.2, -0.15) is 0 Å². The summed E-state index contributed by atoms with van der Waals surface area (Å²) in [6.45, 7) is 1.86. The van der Waals surface area contributed by atoms with Crippen molar-refractivity contribution in [1.29, 1.82) is 0 Å². The van der Waals surface area contributed by atoms with E-state index < -0.39 is 0 Å². The first kappa shape index (κ1) is 13.2. The molecule has 6 heteroatoms. The van der Waals surface area contributed by atoms with Crippen LogP contribution in [-0.4, -0.2) is 16.8 Å². The summed E-state index contributed by atoms with van der Waals surface area (Å²) in [5, 5.41) is 7.24. The van der Waals surface area contributed by atoms with Gasteiger partial charge in [-0.15, -0.1) is 11.3 Å². The molecule has 0 saturated carbocycles. The zero-order valence-electron chi connectivity index (χ0n) is 10.3. The van der Waals surface area contributed by atoms with Crippen LogP contribution in [0.15, 0.2) is 35.2 Å². The Kier molecular flexibility index (Phi) is 4.25. The molecule has 2 N–H and O–H groups in total. The van der Waals surface area contributed by atoms with Gasteiger partial charge in [-0.3, -0.25) is 4.79 Å². The second-order valence-electron chi connectivity index (χ2n) is 3.92. The van der Waals surface area contributed by atoms with Crippen LogP contribution in [0.25, 0.3) is 0 Å². The van der Waals surface area contributed by atoms with Crippen LogP contribution in [0.2, 0.25) is 0 Å². The fraction of sp³-hybridized carbons (Fsp3) is 0.154. The Balaban J connectivity index is 1.91. The smallest absolute Gasteiger partial charge is 0.319 e. The molecule has 98 valence electrons. The Morgan fingerprint density at radius 3 is 2.89 bits per heavy atom. The second kappa shape index (κ2) is 6.10. The van der Waals surface area contributed by atoms with E-state index in [0.717, 1.165) is 5.69 Å². The SMILES string of the molecule is CC(=O)c1cccc(NC(=O)NCc2cscn2)c1. The van der Waals surface area contributed by atoms with Crippen LogP contribution in [0.3, 0.4) is 0 Å². The predicted octanol–water partition coefficient (Wildman–Crippen LogP) is 2.67. The van der Waals surface area contributed by atoms with Gasteiger partial charge in [0.1, 0.15) is 0 Å². The number of benzene rings is 1. The molecule has 1 heterocycles. The van der Waals surface area contributed by atoms with Crippen LogP contribution in [-0.2, 0) is 6.54 Å². The number of nitrogens with one attached hydrogen (secondary N) is 2. The molecule has 0 atom stereocenters. The molecule has 0 radical (unpaired) electrons. The maximum atomic E-state index is 11.7. The van der Waals surface area contributed by atoms with Crippen molar-refractivity contribution in [2.75, 3.05) is 5.32 Å². The third-order valence-electron chi connectivity index (χ3n) is 2.44. The fourth-order valence-corrected chi connectivity index (χ4v) is 2.05. The predicted molar refractivity (Wildman–Crippen MR) is 74.4 cm³/mol. The maximum Gasteiger partial charge on any atom is 0.319 e. The lowest BCUT2D eigenvalue weighted by molar-refractivity contribution is 0.101. The van der Waals surface area contributed by atoms with Gasteiger partial charge in [0.05, 0.1) is 17.7 Å². The first-order valence-electron chi connectivity index (χ1n) is 5.68. The van der Waals surface area contributed by atoms with Crippen LogP contribution in [0.1, 0.15) is 23.0 Å². The molecule has 1 aromatic carbocycles. The van der Waals surface area contributed by atoms with Gasteiger partial charge in [0.15, 0.2) is 5.78 Å². The Bertz CT molecular complexity index is 581. The maximum absolute atomic E-state index is 11.7. The van der Waals surface area contributed by atoms with Crippen molar-refractivity contribution in [3.63, 3.8) is 0 Å². The van der Waals surface area contributed by atoms with Crippen LogP contribution in [0.4, 0.5) is 10.5 Å². The molecule has 0 unspecified atom stereocenters. The van der Waals surface area contributed by atoms with Crippen LogP contribution < -0.4 is 10.6 Å². The number of anilines is 1. The number of ketones is 1. The normalized spacial score (nSPS) is 9.95. The summed E-state index contributed by atoms with van der Waals surface area (Å²) in [6.07, 6.45) is 0. The molecular formula is C13H13N3O2S. The summed E-state index contributed by atoms with van der Waals surface area (Å²) in [4.78, 5) is 27.0. The number of aromatic nitrogens is 1. The number of hydrogen-bond donors (Lipinski definition) is 2. The van der Waals surface area contributed by atoms with Gasteiger partial charge in [-0.1, -0.05) is 12.1 Å². The highest BCUT2D eigenvalue weighted by molar-refractivity contribution is 7.07. The van der Waals surface area contributed by atoms with E-state index >= 15 is 0 Å². The standard InChI is InChI=1S/C13H13N3O2S/c1-9(17)10-3-2-4-11(5-10)16-13(18)14-6-12-7-19-8-15-12/h2-5,7-8H,6H2,1H3,(H2,14,16,18). The number of rotatable bonds is 4. The number of nitrogens with zero attached hydrogens (tertiary/aromatic N) is 1. The average Bonchev–Trinajstić information content (AvgIpc) is 2.90. The molecule has 5 nitrogen and oxygen atoms in total. The average molecular weight is 275 g/mol. The van der Waals surface area contributed by atoms with E-state index in [-0.39, 0.29) is 11.8 Å². The van der Waals surface area contributed by atoms with Gasteiger partial charge in [-0.05, 0) is 19.1 Å². The number of thiazole rings is 1. The summed E-state index contributed by atoms with van der Waals surface area (Å²) >= 11 is 1.48. The fourth-order valence-electron chi connectivity index (χ4n) is 1.49. The van der Waals surface area contributed by atoms with Crippen molar-refractivity contribution < 1.29 is 9.59 Å². The number of carbonyl (C=O) groups excluding carboxylic acids is 2. The minimum atomic E-state index is -0.325. The number of urea groups is 1. The highest BCUT2D eigenvalue weighted by atomic mass is 32.1.